The lowest BCUT2D eigenvalue weighted by Crippen LogP contribution is -2.30. The Morgan fingerprint density at radius 3 is 2.67 bits per heavy atom. The molecule has 0 heterocycles. The van der Waals surface area contributed by atoms with Crippen LogP contribution in [-0.2, 0) is 9.63 Å². The SMILES string of the molecule is O=C(CSc1ccccc1Cl)NOCC(F)(F)F. The lowest BCUT2D eigenvalue weighted by atomic mass is 10.4. The maximum atomic E-state index is 11.7. The average Bonchev–Trinajstić information content (AvgIpc) is 2.26. The Bertz CT molecular complexity index is 414. The number of hydrogen-bond acceptors (Lipinski definition) is 3. The van der Waals surface area contributed by atoms with Crippen molar-refractivity contribution < 1.29 is 22.8 Å². The van der Waals surface area contributed by atoms with E-state index in [1.807, 2.05) is 0 Å². The highest BCUT2D eigenvalue weighted by Gasteiger charge is 2.28. The third-order valence-electron chi connectivity index (χ3n) is 1.62. The molecule has 0 saturated carbocycles. The minimum absolute atomic E-state index is 0.0818. The first-order valence-electron chi connectivity index (χ1n) is 4.73. The molecule has 1 amide bonds. The summed E-state index contributed by atoms with van der Waals surface area (Å²) in [6, 6.07) is 6.84. The minimum atomic E-state index is -4.47. The Morgan fingerprint density at radius 2 is 2.06 bits per heavy atom. The average molecular weight is 300 g/mol. The van der Waals surface area contributed by atoms with Crippen LogP contribution in [0.2, 0.25) is 5.02 Å². The number of hydroxylamine groups is 1. The molecule has 0 aromatic heterocycles. The molecule has 18 heavy (non-hydrogen) atoms. The summed E-state index contributed by atoms with van der Waals surface area (Å²) in [5.74, 6) is -0.745. The van der Waals surface area contributed by atoms with E-state index >= 15 is 0 Å². The number of rotatable bonds is 5. The molecular weight excluding hydrogens is 291 g/mol. The predicted octanol–water partition coefficient (Wildman–Crippen LogP) is 3.04. The topological polar surface area (TPSA) is 38.3 Å². The van der Waals surface area contributed by atoms with Gasteiger partial charge in [-0.25, -0.2) is 5.48 Å². The monoisotopic (exact) mass is 299 g/mol. The molecule has 1 rings (SSSR count). The number of thioether (sulfide) groups is 1. The fourth-order valence-corrected chi connectivity index (χ4v) is 1.96. The van der Waals surface area contributed by atoms with Gasteiger partial charge in [0.25, 0.3) is 5.91 Å². The first-order chi connectivity index (χ1) is 8.38. The van der Waals surface area contributed by atoms with Crippen molar-refractivity contribution in [1.82, 2.24) is 5.48 Å². The Labute approximate surface area is 111 Å². The van der Waals surface area contributed by atoms with Gasteiger partial charge in [-0.2, -0.15) is 13.2 Å². The van der Waals surface area contributed by atoms with E-state index < -0.39 is 18.7 Å². The zero-order valence-electron chi connectivity index (χ0n) is 8.96. The third-order valence-corrected chi connectivity index (χ3v) is 3.13. The fraction of sp³-hybridized carbons (Fsp3) is 0.300. The molecule has 0 fully saturated rings. The van der Waals surface area contributed by atoms with E-state index in [-0.39, 0.29) is 5.75 Å². The number of carbonyl (C=O) groups excluding carboxylic acids is 1. The van der Waals surface area contributed by atoms with Crippen LogP contribution in [0.5, 0.6) is 0 Å². The molecule has 100 valence electrons. The smallest absolute Gasteiger partial charge is 0.272 e. The summed E-state index contributed by atoms with van der Waals surface area (Å²) < 4.78 is 35.1. The number of alkyl halides is 3. The second-order valence-corrected chi connectivity index (χ2v) is 4.57. The minimum Gasteiger partial charge on any atom is -0.272 e. The van der Waals surface area contributed by atoms with Crippen molar-refractivity contribution >= 4 is 29.3 Å². The zero-order valence-corrected chi connectivity index (χ0v) is 10.5. The van der Waals surface area contributed by atoms with Crippen LogP contribution in [0.25, 0.3) is 0 Å². The number of benzene rings is 1. The fourth-order valence-electron chi connectivity index (χ4n) is 0.933. The highest BCUT2D eigenvalue weighted by Crippen LogP contribution is 2.26. The van der Waals surface area contributed by atoms with Gasteiger partial charge in [0.1, 0.15) is 0 Å². The predicted molar refractivity (Wildman–Crippen MR) is 62.3 cm³/mol. The van der Waals surface area contributed by atoms with Gasteiger partial charge in [0.15, 0.2) is 6.61 Å². The van der Waals surface area contributed by atoms with Crippen LogP contribution < -0.4 is 5.48 Å². The van der Waals surface area contributed by atoms with Gasteiger partial charge in [-0.1, -0.05) is 23.7 Å². The van der Waals surface area contributed by atoms with Crippen molar-refractivity contribution in [2.75, 3.05) is 12.4 Å². The molecule has 1 aromatic carbocycles. The van der Waals surface area contributed by atoms with Crippen molar-refractivity contribution in [1.29, 1.82) is 0 Å². The van der Waals surface area contributed by atoms with Crippen LogP contribution in [0.15, 0.2) is 29.2 Å². The van der Waals surface area contributed by atoms with Gasteiger partial charge in [0.2, 0.25) is 0 Å². The van der Waals surface area contributed by atoms with Crippen molar-refractivity contribution in [3.8, 4) is 0 Å². The molecule has 8 heteroatoms. The standard InChI is InChI=1S/C10H9ClF3NO2S/c11-7-3-1-2-4-8(7)18-5-9(16)15-17-6-10(12,13)14/h1-4H,5-6H2,(H,15,16). The van der Waals surface area contributed by atoms with E-state index in [1.54, 1.807) is 29.7 Å². The summed E-state index contributed by atoms with van der Waals surface area (Å²) in [5.41, 5.74) is 1.71. The van der Waals surface area contributed by atoms with E-state index in [2.05, 4.69) is 4.84 Å². The summed E-state index contributed by atoms with van der Waals surface area (Å²) in [6.45, 7) is -1.52. The maximum absolute atomic E-state index is 11.7. The molecule has 1 aromatic rings. The first-order valence-corrected chi connectivity index (χ1v) is 6.09. The van der Waals surface area contributed by atoms with Gasteiger partial charge < -0.3 is 0 Å². The van der Waals surface area contributed by atoms with E-state index in [0.29, 0.717) is 9.92 Å². The Hall–Kier alpha value is -0.920. The van der Waals surface area contributed by atoms with E-state index in [4.69, 9.17) is 11.6 Å². The number of carbonyl (C=O) groups is 1. The van der Waals surface area contributed by atoms with Crippen molar-refractivity contribution in [3.05, 3.63) is 29.3 Å². The highest BCUT2D eigenvalue weighted by atomic mass is 35.5. The first kappa shape index (κ1) is 15.1. The molecular formula is C10H9ClF3NO2S. The summed E-state index contributed by atoms with van der Waals surface area (Å²) in [5, 5.41) is 0.478. The molecule has 0 unspecified atom stereocenters. The molecule has 0 aliphatic carbocycles. The van der Waals surface area contributed by atoms with Crippen LogP contribution in [0.1, 0.15) is 0 Å². The van der Waals surface area contributed by atoms with Crippen molar-refractivity contribution in [3.63, 3.8) is 0 Å². The highest BCUT2D eigenvalue weighted by molar-refractivity contribution is 8.00. The summed E-state index contributed by atoms with van der Waals surface area (Å²) in [7, 11) is 0. The van der Waals surface area contributed by atoms with Crippen LogP contribution in [0.3, 0.4) is 0 Å². The molecule has 3 nitrogen and oxygen atoms in total. The van der Waals surface area contributed by atoms with E-state index in [9.17, 15) is 18.0 Å². The van der Waals surface area contributed by atoms with Gasteiger partial charge in [-0.15, -0.1) is 11.8 Å². The number of amides is 1. The number of hydrogen-bond donors (Lipinski definition) is 1. The molecule has 0 radical (unpaired) electrons. The lowest BCUT2D eigenvalue weighted by Gasteiger charge is -2.08. The zero-order chi connectivity index (χ0) is 13.6. The van der Waals surface area contributed by atoms with Crippen LogP contribution in [0, 0.1) is 0 Å². The van der Waals surface area contributed by atoms with E-state index in [0.717, 1.165) is 11.8 Å². The van der Waals surface area contributed by atoms with Crippen LogP contribution >= 0.6 is 23.4 Å². The third kappa shape index (κ3) is 6.13. The molecule has 0 aliphatic heterocycles. The summed E-state index contributed by atoms with van der Waals surface area (Å²) in [4.78, 5) is 15.8. The van der Waals surface area contributed by atoms with Crippen LogP contribution in [-0.4, -0.2) is 24.4 Å². The number of halogens is 4. The quantitative estimate of drug-likeness (QED) is 0.671. The van der Waals surface area contributed by atoms with E-state index in [1.165, 1.54) is 0 Å². The Balaban J connectivity index is 2.28. The molecule has 0 saturated heterocycles. The molecule has 0 atom stereocenters. The second-order valence-electron chi connectivity index (χ2n) is 3.15. The molecule has 0 bridgehead atoms. The van der Waals surface area contributed by atoms with Gasteiger partial charge in [0, 0.05) is 4.90 Å². The van der Waals surface area contributed by atoms with Crippen molar-refractivity contribution in [2.45, 2.75) is 11.1 Å². The lowest BCUT2D eigenvalue weighted by molar-refractivity contribution is -0.191. The van der Waals surface area contributed by atoms with Crippen LogP contribution in [0.4, 0.5) is 13.2 Å². The van der Waals surface area contributed by atoms with Gasteiger partial charge in [0.05, 0.1) is 10.8 Å². The van der Waals surface area contributed by atoms with Gasteiger partial charge >= 0.3 is 6.18 Å². The van der Waals surface area contributed by atoms with Gasteiger partial charge in [-0.05, 0) is 12.1 Å². The maximum Gasteiger partial charge on any atom is 0.414 e. The van der Waals surface area contributed by atoms with Gasteiger partial charge in [-0.3, -0.25) is 9.63 Å². The Morgan fingerprint density at radius 1 is 1.39 bits per heavy atom. The largest absolute Gasteiger partial charge is 0.414 e. The molecule has 0 aliphatic rings. The van der Waals surface area contributed by atoms with Crippen molar-refractivity contribution in [2.24, 2.45) is 0 Å². The second kappa shape index (κ2) is 6.86. The summed E-state index contributed by atoms with van der Waals surface area (Å²) in [6.07, 6.45) is -4.47. The number of nitrogens with one attached hydrogen (secondary N) is 1. The molecule has 1 N–H and O–H groups in total. The Kier molecular flexibility index (Phi) is 5.77. The summed E-state index contributed by atoms with van der Waals surface area (Å²) >= 11 is 6.95. The normalized spacial score (nSPS) is 11.3. The molecule has 0 spiro atoms.